The minimum atomic E-state index is -3.27. The highest BCUT2D eigenvalue weighted by atomic mass is 32.2. The van der Waals surface area contributed by atoms with Gasteiger partial charge in [0.15, 0.2) is 9.84 Å². The molecule has 1 fully saturated rings. The molecule has 160 valence electrons. The Morgan fingerprint density at radius 2 is 1.70 bits per heavy atom. The smallest absolute Gasteiger partial charge is 0.321 e. The molecule has 0 aromatic heterocycles. The number of hydrogen-bond acceptors (Lipinski definition) is 4. The molecule has 1 spiro atoms. The lowest BCUT2D eigenvalue weighted by atomic mass is 9.74. The average molecular weight is 428 g/mol. The molecule has 30 heavy (non-hydrogen) atoms. The molecule has 7 heteroatoms. The van der Waals surface area contributed by atoms with Crippen LogP contribution in [0.5, 0.6) is 0 Å². The van der Waals surface area contributed by atoms with Crippen molar-refractivity contribution in [3.63, 3.8) is 0 Å². The summed E-state index contributed by atoms with van der Waals surface area (Å²) in [5.74, 6) is 0.131. The van der Waals surface area contributed by atoms with Crippen molar-refractivity contribution in [2.75, 3.05) is 43.4 Å². The number of benzene rings is 2. The first kappa shape index (κ1) is 20.9. The lowest BCUT2D eigenvalue weighted by molar-refractivity contribution is 0.173. The summed E-state index contributed by atoms with van der Waals surface area (Å²) < 4.78 is 25.2. The van der Waals surface area contributed by atoms with E-state index in [0.29, 0.717) is 24.5 Å². The molecular weight excluding hydrogens is 398 g/mol. The highest BCUT2D eigenvalue weighted by molar-refractivity contribution is 7.91. The van der Waals surface area contributed by atoms with Gasteiger partial charge in [-0.2, -0.15) is 0 Å². The van der Waals surface area contributed by atoms with Crippen LogP contribution in [0.2, 0.25) is 0 Å². The van der Waals surface area contributed by atoms with Gasteiger partial charge in [0.1, 0.15) is 0 Å². The van der Waals surface area contributed by atoms with Crippen LogP contribution in [0.25, 0.3) is 0 Å². The van der Waals surface area contributed by atoms with Crippen molar-refractivity contribution in [2.24, 2.45) is 0 Å². The van der Waals surface area contributed by atoms with E-state index in [9.17, 15) is 13.2 Å². The van der Waals surface area contributed by atoms with Crippen molar-refractivity contribution >= 4 is 21.6 Å². The summed E-state index contributed by atoms with van der Waals surface area (Å²) in [4.78, 5) is 17.1. The predicted molar refractivity (Wildman–Crippen MR) is 119 cm³/mol. The average Bonchev–Trinajstić information content (AvgIpc) is 3.09. The van der Waals surface area contributed by atoms with E-state index in [1.807, 2.05) is 36.1 Å². The third-order valence-corrected chi connectivity index (χ3v) is 8.10. The Hall–Kier alpha value is -2.38. The molecule has 2 aliphatic rings. The standard InChI is InChI=1S/C23H29N3O3S/c1-2-24-22(27)26-18-23(20-10-6-7-11-21(20)26)12-14-25(15-13-23)16-17-30(28,29)19-8-4-3-5-9-19/h3-11H,2,12-18H2,1H3,(H,24,27). The topological polar surface area (TPSA) is 69.7 Å². The van der Waals surface area contributed by atoms with Crippen LogP contribution in [0.4, 0.5) is 10.5 Å². The molecule has 0 radical (unpaired) electrons. The second-order valence-corrected chi connectivity index (χ2v) is 10.3. The van der Waals surface area contributed by atoms with E-state index in [0.717, 1.165) is 31.6 Å². The van der Waals surface area contributed by atoms with E-state index in [1.165, 1.54) is 5.56 Å². The SMILES string of the molecule is CCNC(=O)N1CC2(CCN(CCS(=O)(=O)c3ccccc3)CC2)c2ccccc21. The van der Waals surface area contributed by atoms with Gasteiger partial charge in [0, 0.05) is 30.7 Å². The molecule has 2 heterocycles. The van der Waals surface area contributed by atoms with Gasteiger partial charge in [-0.05, 0) is 56.6 Å². The maximum Gasteiger partial charge on any atom is 0.321 e. The molecule has 1 saturated heterocycles. The summed E-state index contributed by atoms with van der Waals surface area (Å²) >= 11 is 0. The van der Waals surface area contributed by atoms with E-state index < -0.39 is 9.84 Å². The largest absolute Gasteiger partial charge is 0.338 e. The number of nitrogens with zero attached hydrogens (tertiary/aromatic N) is 2. The Bertz CT molecular complexity index is 999. The molecule has 0 saturated carbocycles. The molecule has 2 aliphatic heterocycles. The monoisotopic (exact) mass is 427 g/mol. The second-order valence-electron chi connectivity index (χ2n) is 8.19. The second kappa shape index (κ2) is 8.40. The van der Waals surface area contributed by atoms with Crippen molar-refractivity contribution in [2.45, 2.75) is 30.1 Å². The highest BCUT2D eigenvalue weighted by Crippen LogP contribution is 2.46. The fourth-order valence-corrected chi connectivity index (χ4v) is 5.99. The van der Waals surface area contributed by atoms with Gasteiger partial charge in [-0.3, -0.25) is 4.90 Å². The van der Waals surface area contributed by atoms with E-state index in [-0.39, 0.29) is 17.2 Å². The maximum atomic E-state index is 12.6. The van der Waals surface area contributed by atoms with Crippen LogP contribution in [0.15, 0.2) is 59.5 Å². The van der Waals surface area contributed by atoms with Crippen LogP contribution < -0.4 is 10.2 Å². The Labute approximate surface area is 178 Å². The van der Waals surface area contributed by atoms with Gasteiger partial charge in [0.25, 0.3) is 0 Å². The number of anilines is 1. The van der Waals surface area contributed by atoms with E-state index in [1.54, 1.807) is 24.3 Å². The van der Waals surface area contributed by atoms with Crippen LogP contribution in [0, 0.1) is 0 Å². The zero-order chi connectivity index (χ0) is 21.2. The van der Waals surface area contributed by atoms with Crippen LogP contribution in [0.1, 0.15) is 25.3 Å². The normalized spacial score (nSPS) is 18.4. The molecule has 2 amide bonds. The van der Waals surface area contributed by atoms with Crippen LogP contribution in [-0.2, 0) is 15.3 Å². The number of amides is 2. The minimum absolute atomic E-state index is 0.0433. The number of sulfone groups is 1. The van der Waals surface area contributed by atoms with Crippen LogP contribution >= 0.6 is 0 Å². The highest BCUT2D eigenvalue weighted by Gasteiger charge is 2.46. The number of likely N-dealkylation sites (tertiary alicyclic amines) is 1. The molecule has 2 aromatic rings. The summed E-state index contributed by atoms with van der Waals surface area (Å²) in [6.07, 6.45) is 1.84. The third-order valence-electron chi connectivity index (χ3n) is 6.39. The molecule has 0 atom stereocenters. The van der Waals surface area contributed by atoms with Gasteiger partial charge in [-0.25, -0.2) is 13.2 Å². The summed E-state index contributed by atoms with van der Waals surface area (Å²) in [5.41, 5.74) is 2.20. The first-order valence-corrected chi connectivity index (χ1v) is 12.3. The lowest BCUT2D eigenvalue weighted by Crippen LogP contribution is -2.48. The van der Waals surface area contributed by atoms with Crippen molar-refractivity contribution in [3.05, 3.63) is 60.2 Å². The number of nitrogens with one attached hydrogen (secondary N) is 1. The molecular formula is C23H29N3O3S. The third kappa shape index (κ3) is 3.96. The van der Waals surface area contributed by atoms with Crippen LogP contribution in [0.3, 0.4) is 0 Å². The molecule has 2 aromatic carbocycles. The molecule has 4 rings (SSSR count). The summed E-state index contributed by atoms with van der Waals surface area (Å²) in [5, 5.41) is 2.92. The van der Waals surface area contributed by atoms with Gasteiger partial charge in [0.2, 0.25) is 0 Å². The van der Waals surface area contributed by atoms with Crippen molar-refractivity contribution < 1.29 is 13.2 Å². The van der Waals surface area contributed by atoms with Gasteiger partial charge in [-0.1, -0.05) is 36.4 Å². The summed E-state index contributed by atoms with van der Waals surface area (Å²) in [6.45, 7) is 5.43. The Morgan fingerprint density at radius 3 is 2.40 bits per heavy atom. The number of fused-ring (bicyclic) bond motifs is 2. The number of urea groups is 1. The van der Waals surface area contributed by atoms with Crippen LogP contribution in [-0.4, -0.2) is 57.8 Å². The maximum absolute atomic E-state index is 12.6. The Kier molecular flexibility index (Phi) is 5.84. The summed E-state index contributed by atoms with van der Waals surface area (Å²) in [6, 6.07) is 16.8. The zero-order valence-electron chi connectivity index (χ0n) is 17.4. The number of rotatable bonds is 5. The zero-order valence-corrected chi connectivity index (χ0v) is 18.2. The van der Waals surface area contributed by atoms with Crippen molar-refractivity contribution in [3.8, 4) is 0 Å². The molecule has 0 aliphatic carbocycles. The fraction of sp³-hybridized carbons (Fsp3) is 0.435. The van der Waals surface area contributed by atoms with E-state index >= 15 is 0 Å². The van der Waals surface area contributed by atoms with E-state index in [4.69, 9.17) is 0 Å². The number of carbonyl (C=O) groups is 1. The van der Waals surface area contributed by atoms with Gasteiger partial charge in [-0.15, -0.1) is 0 Å². The summed E-state index contributed by atoms with van der Waals surface area (Å²) in [7, 11) is -3.27. The fourth-order valence-electron chi connectivity index (χ4n) is 4.69. The van der Waals surface area contributed by atoms with Crippen molar-refractivity contribution in [1.29, 1.82) is 0 Å². The molecule has 0 unspecified atom stereocenters. The number of carbonyl (C=O) groups excluding carboxylic acids is 1. The Morgan fingerprint density at radius 1 is 1.03 bits per heavy atom. The number of piperidine rings is 1. The first-order chi connectivity index (χ1) is 14.5. The van der Waals surface area contributed by atoms with Gasteiger partial charge in [0.05, 0.1) is 10.6 Å². The molecule has 1 N–H and O–H groups in total. The number of hydrogen-bond donors (Lipinski definition) is 1. The minimum Gasteiger partial charge on any atom is -0.338 e. The molecule has 0 bridgehead atoms. The quantitative estimate of drug-likeness (QED) is 0.796. The van der Waals surface area contributed by atoms with Gasteiger partial charge >= 0.3 is 6.03 Å². The van der Waals surface area contributed by atoms with E-state index in [2.05, 4.69) is 16.3 Å². The van der Waals surface area contributed by atoms with Crippen molar-refractivity contribution in [1.82, 2.24) is 10.2 Å². The number of para-hydroxylation sites is 1. The predicted octanol–water partition coefficient (Wildman–Crippen LogP) is 3.04. The molecule has 6 nitrogen and oxygen atoms in total. The van der Waals surface area contributed by atoms with Gasteiger partial charge < -0.3 is 10.2 Å². The first-order valence-electron chi connectivity index (χ1n) is 10.6. The Balaban J connectivity index is 1.42. The lowest BCUT2D eigenvalue weighted by Gasteiger charge is -2.39.